The Morgan fingerprint density at radius 3 is 2.58 bits per heavy atom. The van der Waals surface area contributed by atoms with E-state index in [0.29, 0.717) is 16.2 Å². The largest absolute Gasteiger partial charge is 0.497 e. The van der Waals surface area contributed by atoms with E-state index in [1.165, 1.54) is 17.3 Å². The first-order valence-electron chi connectivity index (χ1n) is 8.17. The predicted octanol–water partition coefficient (Wildman–Crippen LogP) is 4.22. The first kappa shape index (κ1) is 16.5. The summed E-state index contributed by atoms with van der Waals surface area (Å²) in [7, 11) is 1.63. The molecule has 5 nitrogen and oxygen atoms in total. The van der Waals surface area contributed by atoms with Gasteiger partial charge in [-0.3, -0.25) is 4.79 Å². The van der Waals surface area contributed by atoms with Crippen LogP contribution in [0.3, 0.4) is 0 Å². The summed E-state index contributed by atoms with van der Waals surface area (Å²) >= 11 is 1.51. The van der Waals surface area contributed by atoms with Gasteiger partial charge in [-0.05, 0) is 23.3 Å². The zero-order valence-electron chi connectivity index (χ0n) is 14.2. The van der Waals surface area contributed by atoms with Crippen molar-refractivity contribution in [2.75, 3.05) is 7.11 Å². The second-order valence-electron chi connectivity index (χ2n) is 5.80. The molecule has 0 spiro atoms. The molecule has 2 heterocycles. The van der Waals surface area contributed by atoms with Crippen LogP contribution in [0, 0.1) is 0 Å². The van der Waals surface area contributed by atoms with Crippen molar-refractivity contribution in [2.24, 2.45) is 0 Å². The second kappa shape index (κ2) is 7.09. The fourth-order valence-corrected chi connectivity index (χ4v) is 3.63. The molecule has 0 unspecified atom stereocenters. The van der Waals surface area contributed by atoms with Crippen molar-refractivity contribution >= 4 is 22.8 Å². The minimum absolute atomic E-state index is 0.141. The number of aromatic nitrogens is 3. The van der Waals surface area contributed by atoms with E-state index in [9.17, 15) is 4.79 Å². The van der Waals surface area contributed by atoms with Crippen molar-refractivity contribution < 1.29 is 4.74 Å². The van der Waals surface area contributed by atoms with E-state index >= 15 is 0 Å². The molecule has 0 saturated carbocycles. The summed E-state index contributed by atoms with van der Waals surface area (Å²) in [4.78, 5) is 23.2. The van der Waals surface area contributed by atoms with Gasteiger partial charge in [-0.15, -0.1) is 0 Å². The molecule has 0 radical (unpaired) electrons. The van der Waals surface area contributed by atoms with Crippen molar-refractivity contribution in [1.29, 1.82) is 0 Å². The van der Waals surface area contributed by atoms with E-state index in [2.05, 4.69) is 27.1 Å². The van der Waals surface area contributed by atoms with E-state index < -0.39 is 0 Å². The minimum Gasteiger partial charge on any atom is -0.497 e. The lowest BCUT2D eigenvalue weighted by atomic mass is 10.1. The fourth-order valence-electron chi connectivity index (χ4n) is 2.81. The van der Waals surface area contributed by atoms with Crippen LogP contribution in [0.4, 0.5) is 0 Å². The number of fused-ring (bicyclic) bond motifs is 1. The van der Waals surface area contributed by atoms with Crippen LogP contribution in [0.1, 0.15) is 5.56 Å². The van der Waals surface area contributed by atoms with Gasteiger partial charge < -0.3 is 14.7 Å². The highest BCUT2D eigenvalue weighted by atomic mass is 32.2. The Hall–Kier alpha value is -2.99. The van der Waals surface area contributed by atoms with E-state index in [4.69, 9.17) is 4.74 Å². The second-order valence-corrected chi connectivity index (χ2v) is 6.76. The standard InChI is InChI=1S/C20H17N3O2S/c1-25-15-9-7-14(8-10-15)16-11-21-18-17(16)19(24)23-20(22-18)26-12-13-5-3-2-4-6-13/h2-11H,12H2,1H3,(H2,21,22,23,24). The van der Waals surface area contributed by atoms with Gasteiger partial charge in [0.15, 0.2) is 5.16 Å². The Labute approximate surface area is 154 Å². The van der Waals surface area contributed by atoms with Crippen molar-refractivity contribution in [3.63, 3.8) is 0 Å². The maximum Gasteiger partial charge on any atom is 0.261 e. The van der Waals surface area contributed by atoms with Gasteiger partial charge in [0, 0.05) is 17.5 Å². The molecule has 0 fully saturated rings. The number of aromatic amines is 2. The highest BCUT2D eigenvalue weighted by molar-refractivity contribution is 7.98. The van der Waals surface area contributed by atoms with Gasteiger partial charge in [-0.25, -0.2) is 4.98 Å². The smallest absolute Gasteiger partial charge is 0.261 e. The highest BCUT2D eigenvalue weighted by Gasteiger charge is 2.13. The summed E-state index contributed by atoms with van der Waals surface area (Å²) in [5.74, 6) is 1.53. The number of ether oxygens (including phenoxy) is 1. The first-order chi connectivity index (χ1) is 12.7. The SMILES string of the molecule is COc1ccc(-c2c[nH]c3nc(SCc4ccccc4)[nH]c(=O)c23)cc1. The number of methoxy groups -OCH3 is 1. The van der Waals surface area contributed by atoms with Crippen molar-refractivity contribution in [3.05, 3.63) is 76.7 Å². The molecule has 0 bridgehead atoms. The monoisotopic (exact) mass is 363 g/mol. The third kappa shape index (κ3) is 3.23. The van der Waals surface area contributed by atoms with Crippen LogP contribution in [-0.4, -0.2) is 22.1 Å². The number of benzene rings is 2. The predicted molar refractivity (Wildman–Crippen MR) is 105 cm³/mol. The number of hydrogen-bond donors (Lipinski definition) is 2. The van der Waals surface area contributed by atoms with Gasteiger partial charge in [0.1, 0.15) is 11.4 Å². The van der Waals surface area contributed by atoms with Crippen molar-refractivity contribution in [3.8, 4) is 16.9 Å². The van der Waals surface area contributed by atoms with Gasteiger partial charge in [0.25, 0.3) is 5.56 Å². The molecule has 2 aromatic heterocycles. The van der Waals surface area contributed by atoms with E-state index in [-0.39, 0.29) is 5.56 Å². The lowest BCUT2D eigenvalue weighted by Gasteiger charge is -2.03. The molecular formula is C20H17N3O2S. The summed E-state index contributed by atoms with van der Waals surface area (Å²) in [5.41, 5.74) is 3.41. The zero-order chi connectivity index (χ0) is 17.9. The average Bonchev–Trinajstić information content (AvgIpc) is 3.12. The van der Waals surface area contributed by atoms with Crippen LogP contribution < -0.4 is 10.3 Å². The summed E-state index contributed by atoms with van der Waals surface area (Å²) in [6.07, 6.45) is 1.82. The van der Waals surface area contributed by atoms with Crippen LogP contribution in [0.15, 0.2) is 70.7 Å². The molecule has 0 aliphatic heterocycles. The highest BCUT2D eigenvalue weighted by Crippen LogP contribution is 2.28. The Bertz CT molecular complexity index is 1090. The molecule has 2 aromatic carbocycles. The molecule has 26 heavy (non-hydrogen) atoms. The number of H-pyrrole nitrogens is 2. The molecule has 0 aliphatic rings. The molecule has 2 N–H and O–H groups in total. The van der Waals surface area contributed by atoms with Crippen molar-refractivity contribution in [1.82, 2.24) is 15.0 Å². The Kier molecular flexibility index (Phi) is 4.50. The maximum absolute atomic E-state index is 12.6. The molecule has 0 atom stereocenters. The van der Waals surface area contributed by atoms with Gasteiger partial charge >= 0.3 is 0 Å². The lowest BCUT2D eigenvalue weighted by Crippen LogP contribution is -2.09. The lowest BCUT2D eigenvalue weighted by molar-refractivity contribution is 0.415. The summed E-state index contributed by atoms with van der Waals surface area (Å²) in [5, 5.41) is 1.17. The summed E-state index contributed by atoms with van der Waals surface area (Å²) in [6.45, 7) is 0. The third-order valence-corrected chi connectivity index (χ3v) is 5.08. The van der Waals surface area contributed by atoms with Crippen LogP contribution in [0.25, 0.3) is 22.2 Å². The number of nitrogens with one attached hydrogen (secondary N) is 2. The van der Waals surface area contributed by atoms with Gasteiger partial charge in [0.05, 0.1) is 12.5 Å². The Balaban J connectivity index is 1.65. The average molecular weight is 363 g/mol. The molecule has 4 aromatic rings. The molecule has 130 valence electrons. The maximum atomic E-state index is 12.6. The zero-order valence-corrected chi connectivity index (χ0v) is 15.0. The van der Waals surface area contributed by atoms with Gasteiger partial charge in [-0.1, -0.05) is 54.2 Å². The molecule has 0 aliphatic carbocycles. The Morgan fingerprint density at radius 1 is 1.08 bits per heavy atom. The van der Waals surface area contributed by atoms with E-state index in [0.717, 1.165) is 22.6 Å². The van der Waals surface area contributed by atoms with Gasteiger partial charge in [0.2, 0.25) is 0 Å². The number of hydrogen-bond acceptors (Lipinski definition) is 4. The number of nitrogens with zero attached hydrogens (tertiary/aromatic N) is 1. The van der Waals surface area contributed by atoms with Crippen LogP contribution in [0.2, 0.25) is 0 Å². The first-order valence-corrected chi connectivity index (χ1v) is 9.16. The van der Waals surface area contributed by atoms with E-state index in [1.54, 1.807) is 7.11 Å². The third-order valence-electron chi connectivity index (χ3n) is 4.14. The summed E-state index contributed by atoms with van der Waals surface area (Å²) < 4.78 is 5.19. The minimum atomic E-state index is -0.141. The molecule has 6 heteroatoms. The van der Waals surface area contributed by atoms with Crippen LogP contribution in [-0.2, 0) is 5.75 Å². The normalized spacial score (nSPS) is 11.0. The molecule has 4 rings (SSSR count). The summed E-state index contributed by atoms with van der Waals surface area (Å²) in [6, 6.07) is 17.7. The van der Waals surface area contributed by atoms with E-state index in [1.807, 2.05) is 48.7 Å². The Morgan fingerprint density at radius 2 is 1.85 bits per heavy atom. The molecule has 0 saturated heterocycles. The van der Waals surface area contributed by atoms with Crippen LogP contribution >= 0.6 is 11.8 Å². The number of thioether (sulfide) groups is 1. The van der Waals surface area contributed by atoms with Crippen molar-refractivity contribution in [2.45, 2.75) is 10.9 Å². The quantitative estimate of drug-likeness (QED) is 0.411. The topological polar surface area (TPSA) is 70.8 Å². The molecule has 0 amide bonds. The van der Waals surface area contributed by atoms with Gasteiger partial charge in [-0.2, -0.15) is 0 Å². The van der Waals surface area contributed by atoms with Crippen LogP contribution in [0.5, 0.6) is 5.75 Å². The fraction of sp³-hybridized carbons (Fsp3) is 0.100. The molecular weight excluding hydrogens is 346 g/mol. The number of rotatable bonds is 5.